The Balaban J connectivity index is 2.86. The van der Waals surface area contributed by atoms with Crippen LogP contribution in [0.4, 0.5) is 5.82 Å². The number of aromatic nitrogens is 1. The molecule has 1 aromatic rings. The van der Waals surface area contributed by atoms with Gasteiger partial charge in [-0.15, -0.1) is 11.6 Å². The molecule has 1 heterocycles. The van der Waals surface area contributed by atoms with Gasteiger partial charge >= 0.3 is 0 Å². The molecule has 1 aromatic heterocycles. The predicted molar refractivity (Wildman–Crippen MR) is 63.4 cm³/mol. The third kappa shape index (κ3) is 3.68. The van der Waals surface area contributed by atoms with Crippen molar-refractivity contribution in [2.24, 2.45) is 0 Å². The number of rotatable bonds is 4. The number of alkyl halides is 1. The fraction of sp³-hybridized carbons (Fsp3) is 0.545. The van der Waals surface area contributed by atoms with E-state index in [0.717, 1.165) is 11.4 Å². The van der Waals surface area contributed by atoms with E-state index in [0.29, 0.717) is 12.4 Å². The molecular formula is C11H17ClN2O. The second-order valence-electron chi connectivity index (χ2n) is 4.29. The second kappa shape index (κ2) is 4.81. The van der Waals surface area contributed by atoms with Crippen LogP contribution in [0.2, 0.25) is 0 Å². The summed E-state index contributed by atoms with van der Waals surface area (Å²) in [6.07, 6.45) is 1.73. The first kappa shape index (κ1) is 12.3. The van der Waals surface area contributed by atoms with Crippen LogP contribution >= 0.6 is 11.6 Å². The molecule has 0 fully saturated rings. The molecule has 0 amide bonds. The molecular weight excluding hydrogens is 212 g/mol. The summed E-state index contributed by atoms with van der Waals surface area (Å²) in [6, 6.07) is 3.80. The number of halogens is 1. The maximum absolute atomic E-state index is 9.71. The van der Waals surface area contributed by atoms with Crippen LogP contribution in [0.25, 0.3) is 0 Å². The van der Waals surface area contributed by atoms with Gasteiger partial charge < -0.3 is 10.0 Å². The Morgan fingerprint density at radius 2 is 2.20 bits per heavy atom. The fourth-order valence-corrected chi connectivity index (χ4v) is 1.74. The van der Waals surface area contributed by atoms with Crippen LogP contribution in [0.1, 0.15) is 19.4 Å². The van der Waals surface area contributed by atoms with Gasteiger partial charge in [-0.1, -0.05) is 6.07 Å². The number of pyridine rings is 1. The highest BCUT2D eigenvalue weighted by atomic mass is 35.5. The van der Waals surface area contributed by atoms with E-state index in [1.54, 1.807) is 20.0 Å². The number of likely N-dealkylation sites (N-methyl/N-ethyl adjacent to an activating group) is 1. The number of nitrogens with zero attached hydrogens (tertiary/aromatic N) is 2. The molecule has 0 aliphatic heterocycles. The van der Waals surface area contributed by atoms with Crippen molar-refractivity contribution in [2.45, 2.75) is 25.3 Å². The number of hydrogen-bond donors (Lipinski definition) is 1. The zero-order valence-corrected chi connectivity index (χ0v) is 10.1. The SMILES string of the molecule is CN(CC(C)(C)O)c1ncccc1CCl. The summed E-state index contributed by atoms with van der Waals surface area (Å²) in [5.74, 6) is 1.26. The maximum atomic E-state index is 9.71. The third-order valence-electron chi connectivity index (χ3n) is 2.00. The minimum absolute atomic E-state index is 0.430. The van der Waals surface area contributed by atoms with E-state index in [1.807, 2.05) is 24.1 Å². The second-order valence-corrected chi connectivity index (χ2v) is 4.56. The zero-order valence-electron chi connectivity index (χ0n) is 9.37. The first-order valence-corrected chi connectivity index (χ1v) is 5.41. The van der Waals surface area contributed by atoms with E-state index in [9.17, 15) is 5.11 Å². The van der Waals surface area contributed by atoms with Crippen LogP contribution in [-0.2, 0) is 5.88 Å². The molecule has 1 rings (SSSR count). The summed E-state index contributed by atoms with van der Waals surface area (Å²) in [6.45, 7) is 4.06. The molecule has 0 saturated carbocycles. The van der Waals surface area contributed by atoms with E-state index in [1.165, 1.54) is 0 Å². The smallest absolute Gasteiger partial charge is 0.132 e. The highest BCUT2D eigenvalue weighted by Gasteiger charge is 2.17. The Morgan fingerprint density at radius 3 is 2.73 bits per heavy atom. The van der Waals surface area contributed by atoms with Crippen molar-refractivity contribution >= 4 is 17.4 Å². The van der Waals surface area contributed by atoms with E-state index >= 15 is 0 Å². The van der Waals surface area contributed by atoms with Crippen molar-refractivity contribution < 1.29 is 5.11 Å². The van der Waals surface area contributed by atoms with Gasteiger partial charge in [-0.3, -0.25) is 0 Å². The zero-order chi connectivity index (χ0) is 11.5. The van der Waals surface area contributed by atoms with Crippen molar-refractivity contribution in [3.63, 3.8) is 0 Å². The average Bonchev–Trinajstić information content (AvgIpc) is 2.15. The fourth-order valence-electron chi connectivity index (χ4n) is 1.53. The molecule has 0 aromatic carbocycles. The van der Waals surface area contributed by atoms with Gasteiger partial charge in [0.15, 0.2) is 0 Å². The molecule has 0 spiro atoms. The van der Waals surface area contributed by atoms with Gasteiger partial charge in [-0.05, 0) is 19.9 Å². The summed E-state index contributed by atoms with van der Waals surface area (Å²) < 4.78 is 0. The summed E-state index contributed by atoms with van der Waals surface area (Å²) in [5, 5.41) is 9.71. The van der Waals surface area contributed by atoms with Gasteiger partial charge in [0.1, 0.15) is 5.82 Å². The number of aliphatic hydroxyl groups is 1. The average molecular weight is 229 g/mol. The molecule has 0 aliphatic carbocycles. The molecule has 0 bridgehead atoms. The van der Waals surface area contributed by atoms with E-state index in [-0.39, 0.29) is 0 Å². The summed E-state index contributed by atoms with van der Waals surface area (Å²) in [5.41, 5.74) is 0.237. The topological polar surface area (TPSA) is 36.4 Å². The molecule has 3 nitrogen and oxygen atoms in total. The first-order valence-electron chi connectivity index (χ1n) is 4.87. The Hall–Kier alpha value is -0.800. The van der Waals surface area contributed by atoms with Crippen molar-refractivity contribution in [3.05, 3.63) is 23.9 Å². The number of anilines is 1. The molecule has 0 saturated heterocycles. The minimum Gasteiger partial charge on any atom is -0.389 e. The maximum Gasteiger partial charge on any atom is 0.132 e. The standard InChI is InChI=1S/C11H17ClN2O/c1-11(2,15)8-14(3)10-9(7-12)5-4-6-13-10/h4-6,15H,7-8H2,1-3H3. The van der Waals surface area contributed by atoms with Crippen LogP contribution < -0.4 is 4.90 Å². The molecule has 0 radical (unpaired) electrons. The molecule has 0 aliphatic rings. The highest BCUT2D eigenvalue weighted by molar-refractivity contribution is 6.17. The lowest BCUT2D eigenvalue weighted by atomic mass is 10.1. The van der Waals surface area contributed by atoms with Gasteiger partial charge in [-0.2, -0.15) is 0 Å². The molecule has 4 heteroatoms. The van der Waals surface area contributed by atoms with Crippen LogP contribution in [0.3, 0.4) is 0 Å². The van der Waals surface area contributed by atoms with Gasteiger partial charge in [0.25, 0.3) is 0 Å². The highest BCUT2D eigenvalue weighted by Crippen LogP contribution is 2.19. The van der Waals surface area contributed by atoms with Crippen molar-refractivity contribution in [1.29, 1.82) is 0 Å². The van der Waals surface area contributed by atoms with Crippen molar-refractivity contribution in [3.8, 4) is 0 Å². The third-order valence-corrected chi connectivity index (χ3v) is 2.29. The Bertz CT molecular complexity index is 323. The lowest BCUT2D eigenvalue weighted by Gasteiger charge is -2.27. The Morgan fingerprint density at radius 1 is 1.53 bits per heavy atom. The minimum atomic E-state index is -0.740. The largest absolute Gasteiger partial charge is 0.389 e. The van der Waals surface area contributed by atoms with Gasteiger partial charge in [0.05, 0.1) is 11.5 Å². The molecule has 84 valence electrons. The van der Waals surface area contributed by atoms with Gasteiger partial charge in [0, 0.05) is 25.4 Å². The van der Waals surface area contributed by atoms with Crippen LogP contribution in [0.5, 0.6) is 0 Å². The van der Waals surface area contributed by atoms with Crippen LogP contribution in [-0.4, -0.2) is 29.3 Å². The Labute approximate surface area is 95.7 Å². The van der Waals surface area contributed by atoms with Gasteiger partial charge in [-0.25, -0.2) is 4.98 Å². The quantitative estimate of drug-likeness (QED) is 0.802. The number of hydrogen-bond acceptors (Lipinski definition) is 3. The van der Waals surface area contributed by atoms with Crippen LogP contribution in [0.15, 0.2) is 18.3 Å². The van der Waals surface area contributed by atoms with E-state index in [4.69, 9.17) is 11.6 Å². The normalized spacial score (nSPS) is 11.5. The lowest BCUT2D eigenvalue weighted by Crippen LogP contribution is -2.37. The van der Waals surface area contributed by atoms with Crippen LogP contribution in [0, 0.1) is 0 Å². The molecule has 15 heavy (non-hydrogen) atoms. The van der Waals surface area contributed by atoms with Crippen molar-refractivity contribution in [2.75, 3.05) is 18.5 Å². The van der Waals surface area contributed by atoms with Gasteiger partial charge in [0.2, 0.25) is 0 Å². The molecule has 0 atom stereocenters. The monoisotopic (exact) mass is 228 g/mol. The van der Waals surface area contributed by atoms with E-state index in [2.05, 4.69) is 4.98 Å². The van der Waals surface area contributed by atoms with Crippen molar-refractivity contribution in [1.82, 2.24) is 4.98 Å². The first-order chi connectivity index (χ1) is 6.94. The van der Waals surface area contributed by atoms with E-state index < -0.39 is 5.60 Å². The molecule has 0 unspecified atom stereocenters. The summed E-state index contributed by atoms with van der Waals surface area (Å²) in [4.78, 5) is 6.18. The Kier molecular flexibility index (Phi) is 3.94. The summed E-state index contributed by atoms with van der Waals surface area (Å²) in [7, 11) is 1.90. The summed E-state index contributed by atoms with van der Waals surface area (Å²) >= 11 is 5.82. The molecule has 1 N–H and O–H groups in total. The predicted octanol–water partition coefficient (Wildman–Crippen LogP) is 2.03. The lowest BCUT2D eigenvalue weighted by molar-refractivity contribution is 0.0884.